The van der Waals surface area contributed by atoms with E-state index in [1.165, 1.54) is 0 Å². The molecule has 0 aliphatic heterocycles. The lowest BCUT2D eigenvalue weighted by molar-refractivity contribution is -0.141. The number of carbonyl (C=O) groups excluding carboxylic acids is 4. The van der Waals surface area contributed by atoms with Crippen molar-refractivity contribution in [2.45, 2.75) is 98.4 Å². The number of amides is 4. The number of hydrogen-bond acceptors (Lipinski definition) is 7. The van der Waals surface area contributed by atoms with E-state index in [0.717, 1.165) is 0 Å². The Morgan fingerprint density at radius 2 is 1.05 bits per heavy atom. The van der Waals surface area contributed by atoms with Crippen LogP contribution in [0.2, 0.25) is 0 Å². The average molecular weight is 546 g/mol. The molecule has 7 N–H and O–H groups in total. The number of carbonyl (C=O) groups is 5. The van der Waals surface area contributed by atoms with Crippen molar-refractivity contribution in [1.82, 2.24) is 21.3 Å². The Kier molecular flexibility index (Phi) is 15.4. The smallest absolute Gasteiger partial charge is 0.327 e. The maximum atomic E-state index is 13.2. The largest absolute Gasteiger partial charge is 0.480 e. The first-order chi connectivity index (χ1) is 17.0. The minimum atomic E-state index is -1.24. The predicted molar refractivity (Wildman–Crippen MR) is 146 cm³/mol. The van der Waals surface area contributed by atoms with Crippen molar-refractivity contribution in [2.24, 2.45) is 29.4 Å². The average Bonchev–Trinajstić information content (AvgIpc) is 2.77. The van der Waals surface area contributed by atoms with Gasteiger partial charge in [-0.05, 0) is 36.5 Å². The molecule has 0 aromatic carbocycles. The van der Waals surface area contributed by atoms with Gasteiger partial charge in [-0.15, -0.1) is 0 Å². The molecule has 214 valence electrons. The van der Waals surface area contributed by atoms with E-state index in [1.807, 2.05) is 27.7 Å². The third kappa shape index (κ3) is 12.6. The van der Waals surface area contributed by atoms with Crippen LogP contribution >= 0.6 is 12.6 Å². The monoisotopic (exact) mass is 545 g/mol. The van der Waals surface area contributed by atoms with Gasteiger partial charge in [0.25, 0.3) is 0 Å². The topological polar surface area (TPSA) is 180 Å². The minimum Gasteiger partial charge on any atom is -0.480 e. The Hall–Kier alpha value is -2.34. The van der Waals surface area contributed by atoms with E-state index in [1.54, 1.807) is 27.7 Å². The van der Waals surface area contributed by atoms with Gasteiger partial charge in [-0.3, -0.25) is 19.2 Å². The number of nitrogens with two attached hydrogens (primary N) is 1. The van der Waals surface area contributed by atoms with Gasteiger partial charge < -0.3 is 32.1 Å². The van der Waals surface area contributed by atoms with Gasteiger partial charge in [-0.1, -0.05) is 55.4 Å². The van der Waals surface area contributed by atoms with Crippen LogP contribution in [0.1, 0.15) is 68.2 Å². The molecule has 4 amide bonds. The van der Waals surface area contributed by atoms with Crippen LogP contribution in [0.15, 0.2) is 0 Å². The molecular formula is C25H47N5O6S. The van der Waals surface area contributed by atoms with Crippen LogP contribution in [-0.4, -0.2) is 70.7 Å². The molecule has 0 aliphatic rings. The summed E-state index contributed by atoms with van der Waals surface area (Å²) in [6, 6.07) is -4.90. The Morgan fingerprint density at radius 1 is 0.649 bits per heavy atom. The van der Waals surface area contributed by atoms with Crippen LogP contribution in [0.25, 0.3) is 0 Å². The summed E-state index contributed by atoms with van der Waals surface area (Å²) in [6.07, 6.45) is 0.599. The molecule has 0 aliphatic carbocycles. The molecule has 0 aromatic rings. The molecule has 0 unspecified atom stereocenters. The maximum absolute atomic E-state index is 13.2. The van der Waals surface area contributed by atoms with Gasteiger partial charge in [0.05, 0.1) is 6.04 Å². The van der Waals surface area contributed by atoms with Crippen molar-refractivity contribution in [2.75, 3.05) is 5.75 Å². The van der Waals surface area contributed by atoms with Gasteiger partial charge in [0, 0.05) is 5.75 Å². The summed E-state index contributed by atoms with van der Waals surface area (Å²) >= 11 is 3.96. The van der Waals surface area contributed by atoms with Crippen molar-refractivity contribution in [3.63, 3.8) is 0 Å². The first-order valence-electron chi connectivity index (χ1n) is 12.8. The zero-order valence-corrected chi connectivity index (χ0v) is 24.2. The first kappa shape index (κ1) is 34.7. The molecule has 12 heteroatoms. The quantitative estimate of drug-likeness (QED) is 0.139. The molecule has 0 spiro atoms. The highest BCUT2D eigenvalue weighted by atomic mass is 32.1. The number of aliphatic carboxylic acids is 1. The van der Waals surface area contributed by atoms with Crippen molar-refractivity contribution in [3.05, 3.63) is 0 Å². The van der Waals surface area contributed by atoms with Crippen LogP contribution in [-0.2, 0) is 24.0 Å². The molecule has 0 rings (SSSR count). The van der Waals surface area contributed by atoms with Gasteiger partial charge in [0.1, 0.15) is 24.2 Å². The van der Waals surface area contributed by atoms with E-state index in [-0.39, 0.29) is 35.8 Å². The normalized spacial score (nSPS) is 15.6. The zero-order valence-electron chi connectivity index (χ0n) is 23.3. The minimum absolute atomic E-state index is 0.0122. The number of carboxylic acid groups (broad SMARTS) is 1. The van der Waals surface area contributed by atoms with E-state index >= 15 is 0 Å². The van der Waals surface area contributed by atoms with Crippen LogP contribution in [0, 0.1) is 23.7 Å². The van der Waals surface area contributed by atoms with E-state index in [2.05, 4.69) is 33.9 Å². The predicted octanol–water partition coefficient (Wildman–Crippen LogP) is 0.672. The highest BCUT2D eigenvalue weighted by Gasteiger charge is 2.33. The first-order valence-corrected chi connectivity index (χ1v) is 13.5. The van der Waals surface area contributed by atoms with Crippen molar-refractivity contribution < 1.29 is 29.1 Å². The fourth-order valence-electron chi connectivity index (χ4n) is 3.48. The highest BCUT2D eigenvalue weighted by molar-refractivity contribution is 7.80. The molecule has 0 bridgehead atoms. The summed E-state index contributed by atoms with van der Waals surface area (Å²) < 4.78 is 0. The standard InChI is InChI=1S/C25H47N5O6S/c1-12(2)9-16(21(31)29-18(11-37)25(35)36)28-24(34)20(15(7)8)30-22(32)17(10-13(3)4)27-23(33)19(26)14(5)6/h12-20,37H,9-11,26H2,1-8H3,(H,27,33)(H,28,34)(H,29,31)(H,30,32)(H,35,36)/t16-,17-,18-,19-,20-/m0/s1. The van der Waals surface area contributed by atoms with Crippen molar-refractivity contribution in [3.8, 4) is 0 Å². The third-order valence-corrected chi connectivity index (χ3v) is 6.11. The SMILES string of the molecule is CC(C)C[C@H](NC(=O)[C@@H](N)C(C)C)C(=O)N[C@H](C(=O)N[C@@H](CC(C)C)C(=O)N[C@@H](CS)C(=O)O)C(C)C. The second-order valence-electron chi connectivity index (χ2n) is 11.0. The highest BCUT2D eigenvalue weighted by Crippen LogP contribution is 2.11. The molecule has 0 saturated heterocycles. The van der Waals surface area contributed by atoms with Crippen LogP contribution in [0.4, 0.5) is 0 Å². The number of carboxylic acids is 1. The fraction of sp³-hybridized carbons (Fsp3) is 0.800. The van der Waals surface area contributed by atoms with Crippen LogP contribution in [0.3, 0.4) is 0 Å². The fourth-order valence-corrected chi connectivity index (χ4v) is 3.73. The molecule has 0 fully saturated rings. The summed E-state index contributed by atoms with van der Waals surface area (Å²) in [6.45, 7) is 14.6. The number of nitrogens with one attached hydrogen (secondary N) is 4. The van der Waals surface area contributed by atoms with Crippen molar-refractivity contribution in [1.29, 1.82) is 0 Å². The summed E-state index contributed by atoms with van der Waals surface area (Å²) in [5.41, 5.74) is 5.94. The lowest BCUT2D eigenvalue weighted by Crippen LogP contribution is -2.60. The van der Waals surface area contributed by atoms with Crippen LogP contribution < -0.4 is 27.0 Å². The van der Waals surface area contributed by atoms with Gasteiger partial charge in [0.2, 0.25) is 23.6 Å². The second kappa shape index (κ2) is 16.5. The molecule has 37 heavy (non-hydrogen) atoms. The van der Waals surface area contributed by atoms with E-state index in [9.17, 15) is 29.1 Å². The van der Waals surface area contributed by atoms with Gasteiger partial charge in [-0.25, -0.2) is 4.79 Å². The number of rotatable bonds is 16. The third-order valence-electron chi connectivity index (χ3n) is 5.75. The molecule has 0 aromatic heterocycles. The summed E-state index contributed by atoms with van der Waals surface area (Å²) in [5.74, 6) is -3.94. The van der Waals surface area contributed by atoms with Crippen LogP contribution in [0.5, 0.6) is 0 Å². The van der Waals surface area contributed by atoms with Gasteiger partial charge in [0.15, 0.2) is 0 Å². The van der Waals surface area contributed by atoms with E-state index < -0.39 is 59.8 Å². The summed E-state index contributed by atoms with van der Waals surface area (Å²) in [4.78, 5) is 63.1. The van der Waals surface area contributed by atoms with Gasteiger partial charge in [-0.2, -0.15) is 12.6 Å². The Bertz CT molecular complexity index is 790. The molecule has 0 radical (unpaired) electrons. The number of hydrogen-bond donors (Lipinski definition) is 7. The Morgan fingerprint density at radius 3 is 1.41 bits per heavy atom. The number of thiol groups is 1. The molecular weight excluding hydrogens is 498 g/mol. The Balaban J connectivity index is 5.70. The second-order valence-corrected chi connectivity index (χ2v) is 11.3. The molecule has 0 heterocycles. The van der Waals surface area contributed by atoms with Gasteiger partial charge >= 0.3 is 5.97 Å². The van der Waals surface area contributed by atoms with Crippen molar-refractivity contribution >= 4 is 42.2 Å². The lowest BCUT2D eigenvalue weighted by Gasteiger charge is -2.29. The summed E-state index contributed by atoms with van der Waals surface area (Å²) in [5, 5.41) is 19.7. The lowest BCUT2D eigenvalue weighted by atomic mass is 9.97. The maximum Gasteiger partial charge on any atom is 0.327 e. The summed E-state index contributed by atoms with van der Waals surface area (Å²) in [7, 11) is 0. The Labute approximate surface area is 226 Å². The molecule has 5 atom stereocenters. The van der Waals surface area contributed by atoms with E-state index in [4.69, 9.17) is 5.73 Å². The zero-order chi connectivity index (χ0) is 29.0. The molecule has 0 saturated carbocycles. The molecule has 11 nitrogen and oxygen atoms in total. The van der Waals surface area contributed by atoms with E-state index in [0.29, 0.717) is 6.42 Å².